The molecule has 2 rings (SSSR count). The lowest BCUT2D eigenvalue weighted by Crippen LogP contribution is -2.38. The van der Waals surface area contributed by atoms with Gasteiger partial charge in [0.25, 0.3) is 0 Å². The number of hydrogen-bond acceptors (Lipinski definition) is 3. The molecule has 0 saturated heterocycles. The quantitative estimate of drug-likeness (QED) is 0.458. The van der Waals surface area contributed by atoms with Crippen LogP contribution in [0.4, 0.5) is 10.1 Å². The molecule has 0 aromatic heterocycles. The second-order valence-corrected chi connectivity index (χ2v) is 7.56. The van der Waals surface area contributed by atoms with Crippen molar-refractivity contribution in [3.8, 4) is 0 Å². The molecule has 1 amide bonds. The van der Waals surface area contributed by atoms with Crippen molar-refractivity contribution < 1.29 is 9.18 Å². The second kappa shape index (κ2) is 11.3. The molecule has 0 heterocycles. The molecule has 162 valence electrons. The Morgan fingerprint density at radius 1 is 1.20 bits per heavy atom. The molecule has 0 spiro atoms. The van der Waals surface area contributed by atoms with Crippen molar-refractivity contribution in [1.82, 2.24) is 15.5 Å². The molecule has 0 aliphatic carbocycles. The van der Waals surface area contributed by atoms with E-state index in [9.17, 15) is 9.18 Å². The predicted octanol–water partition coefficient (Wildman–Crippen LogP) is 3.45. The summed E-state index contributed by atoms with van der Waals surface area (Å²) in [5.74, 6) is 0.374. The summed E-state index contributed by atoms with van der Waals surface area (Å²) < 4.78 is 13.9. The third kappa shape index (κ3) is 7.48. The maximum absolute atomic E-state index is 13.9. The van der Waals surface area contributed by atoms with E-state index in [1.54, 1.807) is 19.1 Å². The van der Waals surface area contributed by atoms with Gasteiger partial charge in [0, 0.05) is 12.2 Å². The Morgan fingerprint density at radius 3 is 2.63 bits per heavy atom. The van der Waals surface area contributed by atoms with Crippen molar-refractivity contribution in [2.24, 2.45) is 4.99 Å². The third-order valence-electron chi connectivity index (χ3n) is 4.48. The highest BCUT2D eigenvalue weighted by Crippen LogP contribution is 2.16. The van der Waals surface area contributed by atoms with Gasteiger partial charge >= 0.3 is 0 Å². The lowest BCUT2D eigenvalue weighted by Gasteiger charge is -2.18. The number of likely N-dealkylation sites (N-methyl/N-ethyl adjacent to an activating group) is 1. The number of amides is 1. The fourth-order valence-corrected chi connectivity index (χ4v) is 2.89. The van der Waals surface area contributed by atoms with E-state index in [2.05, 4.69) is 20.9 Å². The molecule has 0 aliphatic rings. The molecule has 2 aromatic carbocycles. The highest BCUT2D eigenvalue weighted by atomic mass is 19.1. The molecular formula is C23H32FN5O. The van der Waals surface area contributed by atoms with E-state index in [1.165, 1.54) is 0 Å². The Balaban J connectivity index is 2.05. The molecule has 1 unspecified atom stereocenters. The number of hydrogen-bond donors (Lipinski definition) is 3. The van der Waals surface area contributed by atoms with Crippen LogP contribution in [0.1, 0.15) is 36.6 Å². The minimum absolute atomic E-state index is 0.0604. The van der Waals surface area contributed by atoms with Gasteiger partial charge in [-0.25, -0.2) is 9.38 Å². The summed E-state index contributed by atoms with van der Waals surface area (Å²) >= 11 is 0. The minimum atomic E-state index is -0.212. The number of rotatable bonds is 8. The average Bonchev–Trinajstić information content (AvgIpc) is 2.68. The van der Waals surface area contributed by atoms with Crippen LogP contribution in [-0.4, -0.2) is 44.0 Å². The summed E-state index contributed by atoms with van der Waals surface area (Å²) in [6.07, 6.45) is 0. The maximum Gasteiger partial charge on any atom is 0.238 e. The Bertz CT molecular complexity index is 882. The Kier molecular flexibility index (Phi) is 8.80. The normalized spacial score (nSPS) is 12.6. The van der Waals surface area contributed by atoms with E-state index in [4.69, 9.17) is 0 Å². The zero-order valence-electron chi connectivity index (χ0n) is 18.4. The van der Waals surface area contributed by atoms with Crippen LogP contribution >= 0.6 is 0 Å². The van der Waals surface area contributed by atoms with Crippen molar-refractivity contribution in [2.75, 3.05) is 32.5 Å². The first-order chi connectivity index (χ1) is 14.3. The molecule has 0 bridgehead atoms. The van der Waals surface area contributed by atoms with Crippen LogP contribution < -0.4 is 16.0 Å². The molecule has 0 saturated carbocycles. The zero-order chi connectivity index (χ0) is 22.1. The standard InChI is InChI=1S/C23H32FN5O/c1-6-25-23(27-17(3)19-11-10-16(2)21(24)13-19)26-14-18-8-7-9-20(12-18)28-22(30)15-29(4)5/h7-13,17H,6,14-15H2,1-5H3,(H,28,30)(H2,25,26,27). The number of aryl methyl sites for hydroxylation is 1. The summed E-state index contributed by atoms with van der Waals surface area (Å²) in [6, 6.07) is 12.8. The van der Waals surface area contributed by atoms with Gasteiger partial charge in [-0.1, -0.05) is 24.3 Å². The smallest absolute Gasteiger partial charge is 0.238 e. The molecule has 0 radical (unpaired) electrons. The number of nitrogens with zero attached hydrogens (tertiary/aromatic N) is 2. The first-order valence-electron chi connectivity index (χ1n) is 10.1. The average molecular weight is 414 g/mol. The van der Waals surface area contributed by atoms with E-state index in [0.717, 1.165) is 16.8 Å². The number of carbonyl (C=O) groups is 1. The topological polar surface area (TPSA) is 68.8 Å². The van der Waals surface area contributed by atoms with E-state index >= 15 is 0 Å². The molecule has 30 heavy (non-hydrogen) atoms. The van der Waals surface area contributed by atoms with Crippen molar-refractivity contribution in [1.29, 1.82) is 0 Å². The van der Waals surface area contributed by atoms with Crippen LogP contribution in [0.3, 0.4) is 0 Å². The molecule has 1 atom stereocenters. The van der Waals surface area contributed by atoms with Gasteiger partial charge in [0.05, 0.1) is 19.1 Å². The minimum Gasteiger partial charge on any atom is -0.357 e. The Hall–Kier alpha value is -2.93. The van der Waals surface area contributed by atoms with Crippen molar-refractivity contribution in [2.45, 2.75) is 33.4 Å². The van der Waals surface area contributed by atoms with Crippen LogP contribution in [0.25, 0.3) is 0 Å². The lowest BCUT2D eigenvalue weighted by atomic mass is 10.1. The van der Waals surface area contributed by atoms with E-state index in [1.807, 2.05) is 63.2 Å². The number of aliphatic imine (C=N–C) groups is 1. The van der Waals surface area contributed by atoms with E-state index in [-0.39, 0.29) is 17.8 Å². The number of carbonyl (C=O) groups excluding carboxylic acids is 1. The summed E-state index contributed by atoms with van der Waals surface area (Å²) in [7, 11) is 3.71. The first-order valence-corrected chi connectivity index (χ1v) is 10.1. The molecule has 0 fully saturated rings. The van der Waals surface area contributed by atoms with Gasteiger partial charge in [-0.2, -0.15) is 0 Å². The van der Waals surface area contributed by atoms with Crippen LogP contribution in [0.2, 0.25) is 0 Å². The lowest BCUT2D eigenvalue weighted by molar-refractivity contribution is -0.116. The van der Waals surface area contributed by atoms with Gasteiger partial charge in [-0.3, -0.25) is 4.79 Å². The number of nitrogens with one attached hydrogen (secondary N) is 3. The SMILES string of the molecule is CCNC(=NCc1cccc(NC(=O)CN(C)C)c1)NC(C)c1ccc(C)c(F)c1. The maximum atomic E-state index is 13.9. The van der Waals surface area contributed by atoms with E-state index < -0.39 is 0 Å². The summed E-state index contributed by atoms with van der Waals surface area (Å²) in [5.41, 5.74) is 3.21. The molecule has 0 aliphatic heterocycles. The number of benzene rings is 2. The second-order valence-electron chi connectivity index (χ2n) is 7.56. The van der Waals surface area contributed by atoms with Crippen LogP contribution in [0, 0.1) is 12.7 Å². The van der Waals surface area contributed by atoms with Crippen LogP contribution in [-0.2, 0) is 11.3 Å². The zero-order valence-corrected chi connectivity index (χ0v) is 18.4. The highest BCUT2D eigenvalue weighted by molar-refractivity contribution is 5.92. The van der Waals surface area contributed by atoms with Crippen LogP contribution in [0.5, 0.6) is 0 Å². The van der Waals surface area contributed by atoms with Crippen molar-refractivity contribution >= 4 is 17.6 Å². The summed E-state index contributed by atoms with van der Waals surface area (Å²) in [4.78, 5) is 18.4. The summed E-state index contributed by atoms with van der Waals surface area (Å²) in [6.45, 7) is 7.20. The summed E-state index contributed by atoms with van der Waals surface area (Å²) in [5, 5.41) is 9.43. The number of anilines is 1. The van der Waals surface area contributed by atoms with Gasteiger partial charge in [-0.05, 0) is 69.8 Å². The molecule has 7 heteroatoms. The molecule has 3 N–H and O–H groups in total. The monoisotopic (exact) mass is 413 g/mol. The highest BCUT2D eigenvalue weighted by Gasteiger charge is 2.10. The van der Waals surface area contributed by atoms with Gasteiger partial charge in [0.15, 0.2) is 5.96 Å². The molecule has 6 nitrogen and oxygen atoms in total. The van der Waals surface area contributed by atoms with Crippen molar-refractivity contribution in [3.05, 3.63) is 65.0 Å². The van der Waals surface area contributed by atoms with E-state index in [0.29, 0.717) is 31.2 Å². The number of guanidine groups is 1. The van der Waals surface area contributed by atoms with Gasteiger partial charge in [0.2, 0.25) is 5.91 Å². The first kappa shape index (κ1) is 23.3. The number of halogens is 1. The van der Waals surface area contributed by atoms with Gasteiger partial charge < -0.3 is 20.9 Å². The fraction of sp³-hybridized carbons (Fsp3) is 0.391. The Labute approximate surface area is 178 Å². The van der Waals surface area contributed by atoms with Gasteiger partial charge in [0.1, 0.15) is 5.82 Å². The van der Waals surface area contributed by atoms with Crippen molar-refractivity contribution in [3.63, 3.8) is 0 Å². The van der Waals surface area contributed by atoms with Gasteiger partial charge in [-0.15, -0.1) is 0 Å². The third-order valence-corrected chi connectivity index (χ3v) is 4.48. The molecule has 2 aromatic rings. The largest absolute Gasteiger partial charge is 0.357 e. The fourth-order valence-electron chi connectivity index (χ4n) is 2.89. The predicted molar refractivity (Wildman–Crippen MR) is 121 cm³/mol. The Morgan fingerprint density at radius 2 is 1.97 bits per heavy atom. The van der Waals surface area contributed by atoms with Crippen LogP contribution in [0.15, 0.2) is 47.5 Å². The molecular weight excluding hydrogens is 381 g/mol.